The number of benzene rings is 1. The van der Waals surface area contributed by atoms with Gasteiger partial charge in [0, 0.05) is 25.0 Å². The van der Waals surface area contributed by atoms with E-state index in [1.165, 1.54) is 17.8 Å². The van der Waals surface area contributed by atoms with E-state index in [1.54, 1.807) is 24.3 Å². The molecule has 1 atom stereocenters. The third-order valence-corrected chi connectivity index (χ3v) is 4.50. The van der Waals surface area contributed by atoms with Gasteiger partial charge in [-0.3, -0.25) is 0 Å². The summed E-state index contributed by atoms with van der Waals surface area (Å²) >= 11 is 0. The maximum absolute atomic E-state index is 12.7. The van der Waals surface area contributed by atoms with E-state index in [4.69, 9.17) is 0 Å². The number of hydrogen-bond acceptors (Lipinski definition) is 2. The molecule has 2 aromatic rings. The van der Waals surface area contributed by atoms with Gasteiger partial charge in [-0.15, -0.1) is 0 Å². The molecule has 0 fully saturated rings. The standard InChI is InChI=1S/C16H18F3N3OS/c1-15(2,3)24(23)20-9-11-5-7-12(8-6-11)14-21-13(10-22(14)4)16(17,18)19/h5-10H,1-4H3. The van der Waals surface area contributed by atoms with Crippen molar-refractivity contribution in [1.29, 1.82) is 0 Å². The topological polar surface area (TPSA) is 47.2 Å². The first-order valence-electron chi connectivity index (χ1n) is 7.15. The molecule has 0 aliphatic carbocycles. The number of halogens is 3. The molecule has 0 aliphatic rings. The molecule has 4 nitrogen and oxygen atoms in total. The minimum absolute atomic E-state index is 0.226. The Morgan fingerprint density at radius 3 is 2.21 bits per heavy atom. The van der Waals surface area contributed by atoms with Crippen LogP contribution in [-0.2, 0) is 24.2 Å². The van der Waals surface area contributed by atoms with E-state index in [0.29, 0.717) is 11.1 Å². The third-order valence-electron chi connectivity index (χ3n) is 3.16. The Morgan fingerprint density at radius 2 is 1.75 bits per heavy atom. The first kappa shape index (κ1) is 18.4. The number of hydrogen-bond donors (Lipinski definition) is 0. The fourth-order valence-electron chi connectivity index (χ4n) is 1.86. The van der Waals surface area contributed by atoms with Crippen molar-refractivity contribution in [3.63, 3.8) is 0 Å². The lowest BCUT2D eigenvalue weighted by Crippen LogP contribution is -2.19. The lowest BCUT2D eigenvalue weighted by Gasteiger charge is -2.12. The first-order chi connectivity index (χ1) is 11.0. The Balaban J connectivity index is 2.23. The Labute approximate surface area is 141 Å². The molecule has 1 heterocycles. The van der Waals surface area contributed by atoms with Crippen molar-refractivity contribution < 1.29 is 17.4 Å². The van der Waals surface area contributed by atoms with E-state index < -0.39 is 27.6 Å². The Bertz CT molecular complexity index is 771. The zero-order valence-corrected chi connectivity index (χ0v) is 14.6. The average Bonchev–Trinajstić information content (AvgIpc) is 2.86. The van der Waals surface area contributed by atoms with Crippen LogP contribution in [0.2, 0.25) is 0 Å². The van der Waals surface area contributed by atoms with Crippen molar-refractivity contribution in [2.75, 3.05) is 0 Å². The van der Waals surface area contributed by atoms with Crippen LogP contribution >= 0.6 is 0 Å². The average molecular weight is 357 g/mol. The number of nitrogens with zero attached hydrogens (tertiary/aromatic N) is 3. The monoisotopic (exact) mass is 357 g/mol. The van der Waals surface area contributed by atoms with Crippen molar-refractivity contribution >= 4 is 17.2 Å². The Kier molecular flexibility index (Phi) is 4.98. The van der Waals surface area contributed by atoms with Gasteiger partial charge in [-0.05, 0) is 26.3 Å². The molecule has 1 aromatic carbocycles. The van der Waals surface area contributed by atoms with Gasteiger partial charge in [-0.25, -0.2) is 9.19 Å². The van der Waals surface area contributed by atoms with E-state index in [-0.39, 0.29) is 5.82 Å². The molecule has 0 saturated heterocycles. The number of aryl methyl sites for hydroxylation is 1. The molecule has 0 aliphatic heterocycles. The Hall–Kier alpha value is -1.96. The van der Waals surface area contributed by atoms with Crippen LogP contribution in [0.4, 0.5) is 13.2 Å². The van der Waals surface area contributed by atoms with Crippen LogP contribution in [0.5, 0.6) is 0 Å². The van der Waals surface area contributed by atoms with E-state index in [9.17, 15) is 17.4 Å². The molecule has 2 rings (SSSR count). The molecule has 1 aromatic heterocycles. The molecule has 0 saturated carbocycles. The van der Waals surface area contributed by atoms with Crippen LogP contribution in [0.3, 0.4) is 0 Å². The molecular weight excluding hydrogens is 339 g/mol. The lowest BCUT2D eigenvalue weighted by atomic mass is 10.1. The van der Waals surface area contributed by atoms with E-state index >= 15 is 0 Å². The second-order valence-electron chi connectivity index (χ2n) is 6.28. The van der Waals surface area contributed by atoms with Gasteiger partial charge in [0.1, 0.15) is 16.8 Å². The quantitative estimate of drug-likeness (QED) is 0.780. The Morgan fingerprint density at radius 1 is 1.17 bits per heavy atom. The van der Waals surface area contributed by atoms with Gasteiger partial charge < -0.3 is 4.57 Å². The van der Waals surface area contributed by atoms with Gasteiger partial charge in [0.25, 0.3) is 0 Å². The minimum atomic E-state index is -4.47. The molecule has 1 unspecified atom stereocenters. The van der Waals surface area contributed by atoms with Crippen LogP contribution in [0.1, 0.15) is 32.0 Å². The first-order valence-corrected chi connectivity index (χ1v) is 8.26. The summed E-state index contributed by atoms with van der Waals surface area (Å²) < 4.78 is 54.9. The molecule has 0 spiro atoms. The highest BCUT2D eigenvalue weighted by molar-refractivity contribution is 7.85. The predicted octanol–water partition coefficient (Wildman–Crippen LogP) is 3.99. The van der Waals surface area contributed by atoms with Crippen molar-refractivity contribution in [1.82, 2.24) is 9.55 Å². The fraction of sp³-hybridized carbons (Fsp3) is 0.375. The van der Waals surface area contributed by atoms with Crippen LogP contribution in [0.15, 0.2) is 34.9 Å². The van der Waals surface area contributed by atoms with Crippen molar-refractivity contribution in [2.45, 2.75) is 31.7 Å². The van der Waals surface area contributed by atoms with Gasteiger partial charge in [-0.2, -0.15) is 17.6 Å². The predicted molar refractivity (Wildman–Crippen MR) is 89.1 cm³/mol. The van der Waals surface area contributed by atoms with Gasteiger partial charge in [0.2, 0.25) is 0 Å². The molecular formula is C16H18F3N3OS. The van der Waals surface area contributed by atoms with Crippen LogP contribution in [-0.4, -0.2) is 24.7 Å². The normalized spacial score (nSPS) is 14.3. The largest absolute Gasteiger partial charge is 0.434 e. The van der Waals surface area contributed by atoms with Crippen molar-refractivity contribution in [3.8, 4) is 11.4 Å². The van der Waals surface area contributed by atoms with Crippen molar-refractivity contribution in [3.05, 3.63) is 41.7 Å². The van der Waals surface area contributed by atoms with E-state index in [0.717, 1.165) is 6.20 Å². The SMILES string of the molecule is Cn1cc(C(F)(F)F)nc1-c1ccc(C=NS(=O)C(C)(C)C)cc1. The summed E-state index contributed by atoms with van der Waals surface area (Å²) in [4.78, 5) is 3.64. The third kappa shape index (κ3) is 4.31. The van der Waals surface area contributed by atoms with E-state index in [2.05, 4.69) is 9.38 Å². The second-order valence-corrected chi connectivity index (χ2v) is 8.21. The number of alkyl halides is 3. The summed E-state index contributed by atoms with van der Waals surface area (Å²) in [5, 5.41) is 0. The molecule has 0 amide bonds. The maximum atomic E-state index is 12.7. The second kappa shape index (κ2) is 6.51. The fourth-order valence-corrected chi connectivity index (χ4v) is 2.39. The van der Waals surface area contributed by atoms with Crippen LogP contribution < -0.4 is 0 Å². The number of rotatable bonds is 3. The van der Waals surface area contributed by atoms with Gasteiger partial charge in [-0.1, -0.05) is 24.3 Å². The highest BCUT2D eigenvalue weighted by atomic mass is 32.2. The summed E-state index contributed by atoms with van der Waals surface area (Å²) in [5.74, 6) is 0.226. The number of imidazole rings is 1. The van der Waals surface area contributed by atoms with Gasteiger partial charge in [0.15, 0.2) is 5.69 Å². The van der Waals surface area contributed by atoms with Gasteiger partial charge >= 0.3 is 6.18 Å². The molecule has 130 valence electrons. The summed E-state index contributed by atoms with van der Waals surface area (Å²) in [7, 11) is 0.152. The maximum Gasteiger partial charge on any atom is 0.434 e. The van der Waals surface area contributed by atoms with Crippen LogP contribution in [0.25, 0.3) is 11.4 Å². The minimum Gasteiger partial charge on any atom is -0.333 e. The summed E-state index contributed by atoms with van der Waals surface area (Å²) in [6.07, 6.45) is -2.03. The summed E-state index contributed by atoms with van der Waals surface area (Å²) in [5.41, 5.74) is 0.343. The number of aromatic nitrogens is 2. The molecule has 8 heteroatoms. The zero-order chi connectivity index (χ0) is 18.1. The van der Waals surface area contributed by atoms with Gasteiger partial charge in [0.05, 0.1) is 4.75 Å². The molecule has 0 bridgehead atoms. The summed E-state index contributed by atoms with van der Waals surface area (Å²) in [6.45, 7) is 5.47. The van der Waals surface area contributed by atoms with Crippen molar-refractivity contribution in [2.24, 2.45) is 11.4 Å². The van der Waals surface area contributed by atoms with Crippen LogP contribution in [0, 0.1) is 0 Å². The highest BCUT2D eigenvalue weighted by Crippen LogP contribution is 2.30. The zero-order valence-electron chi connectivity index (χ0n) is 13.8. The molecule has 0 radical (unpaired) electrons. The smallest absolute Gasteiger partial charge is 0.333 e. The summed E-state index contributed by atoms with van der Waals surface area (Å²) in [6, 6.07) is 6.70. The highest BCUT2D eigenvalue weighted by Gasteiger charge is 2.34. The molecule has 0 N–H and O–H groups in total. The lowest BCUT2D eigenvalue weighted by molar-refractivity contribution is -0.140. The van der Waals surface area contributed by atoms with E-state index in [1.807, 2.05) is 20.8 Å². The molecule has 24 heavy (non-hydrogen) atoms.